The predicted octanol–water partition coefficient (Wildman–Crippen LogP) is 1.72. The van der Waals surface area contributed by atoms with Crippen LogP contribution in [0.2, 0.25) is 0 Å². The first-order chi connectivity index (χ1) is 9.78. The van der Waals surface area contributed by atoms with Crippen molar-refractivity contribution in [3.63, 3.8) is 0 Å². The van der Waals surface area contributed by atoms with E-state index in [2.05, 4.69) is 34.5 Å². The van der Waals surface area contributed by atoms with E-state index < -0.39 is 0 Å². The summed E-state index contributed by atoms with van der Waals surface area (Å²) in [5.41, 5.74) is 1.37. The molecule has 0 aromatic heterocycles. The zero-order valence-corrected chi connectivity index (χ0v) is 11.7. The van der Waals surface area contributed by atoms with Crippen LogP contribution in [0.25, 0.3) is 0 Å². The minimum Gasteiger partial charge on any atom is -0.352 e. The molecule has 1 aromatic rings. The molecule has 0 unspecified atom stereocenters. The Morgan fingerprint density at radius 3 is 2.65 bits per heavy atom. The van der Waals surface area contributed by atoms with Crippen molar-refractivity contribution >= 4 is 5.91 Å². The Hall–Kier alpha value is -1.86. The fraction of sp³-hybridized carbons (Fsp3) is 0.500. The molecule has 1 heterocycles. The fourth-order valence-corrected chi connectivity index (χ4v) is 2.58. The number of amides is 1. The van der Waals surface area contributed by atoms with Gasteiger partial charge in [-0.15, -0.1) is 0 Å². The van der Waals surface area contributed by atoms with Gasteiger partial charge in [0.15, 0.2) is 0 Å². The van der Waals surface area contributed by atoms with Crippen LogP contribution in [0.1, 0.15) is 24.8 Å². The van der Waals surface area contributed by atoms with Crippen LogP contribution in [-0.4, -0.2) is 36.5 Å². The summed E-state index contributed by atoms with van der Waals surface area (Å²) in [5.74, 6) is -0.143. The van der Waals surface area contributed by atoms with E-state index in [1.165, 1.54) is 5.56 Å². The first-order valence-corrected chi connectivity index (χ1v) is 7.20. The highest BCUT2D eigenvalue weighted by atomic mass is 16.1. The molecule has 1 saturated heterocycles. The predicted molar refractivity (Wildman–Crippen MR) is 78.0 cm³/mol. The lowest BCUT2D eigenvalue weighted by atomic mass is 10.0. The van der Waals surface area contributed by atoms with Crippen molar-refractivity contribution in [2.24, 2.45) is 0 Å². The van der Waals surface area contributed by atoms with E-state index in [0.29, 0.717) is 0 Å². The summed E-state index contributed by atoms with van der Waals surface area (Å²) >= 11 is 0. The lowest BCUT2D eigenvalue weighted by Gasteiger charge is -2.32. The molecule has 1 N–H and O–H groups in total. The van der Waals surface area contributed by atoms with Crippen molar-refractivity contribution in [1.82, 2.24) is 10.2 Å². The first kappa shape index (κ1) is 14.5. The van der Waals surface area contributed by atoms with E-state index in [9.17, 15) is 4.79 Å². The highest BCUT2D eigenvalue weighted by Gasteiger charge is 2.20. The van der Waals surface area contributed by atoms with Crippen molar-refractivity contribution in [1.29, 1.82) is 5.26 Å². The van der Waals surface area contributed by atoms with Crippen molar-refractivity contribution in [2.45, 2.75) is 31.7 Å². The molecule has 0 aliphatic carbocycles. The van der Waals surface area contributed by atoms with Crippen LogP contribution >= 0.6 is 0 Å². The average Bonchev–Trinajstić information content (AvgIpc) is 2.48. The Bertz CT molecular complexity index is 458. The summed E-state index contributed by atoms with van der Waals surface area (Å²) in [5, 5.41) is 11.4. The molecule has 0 bridgehead atoms. The van der Waals surface area contributed by atoms with Gasteiger partial charge in [0, 0.05) is 25.7 Å². The highest BCUT2D eigenvalue weighted by Crippen LogP contribution is 2.11. The molecule has 1 aliphatic rings. The van der Waals surface area contributed by atoms with Crippen LogP contribution < -0.4 is 5.32 Å². The topological polar surface area (TPSA) is 56.1 Å². The lowest BCUT2D eigenvalue weighted by Crippen LogP contribution is -2.45. The zero-order valence-electron chi connectivity index (χ0n) is 11.7. The summed E-state index contributed by atoms with van der Waals surface area (Å²) in [6, 6.07) is 12.6. The number of piperidine rings is 1. The van der Waals surface area contributed by atoms with Gasteiger partial charge in [0.05, 0.1) is 6.07 Å². The number of benzene rings is 1. The molecule has 20 heavy (non-hydrogen) atoms. The maximum Gasteiger partial charge on any atom is 0.234 e. The number of nitrogens with zero attached hydrogens (tertiary/aromatic N) is 2. The molecule has 1 amide bonds. The number of nitrogens with one attached hydrogen (secondary N) is 1. The first-order valence-electron chi connectivity index (χ1n) is 7.20. The fourth-order valence-electron chi connectivity index (χ4n) is 2.58. The smallest absolute Gasteiger partial charge is 0.234 e. The second-order valence-corrected chi connectivity index (χ2v) is 5.25. The molecule has 4 nitrogen and oxygen atoms in total. The van der Waals surface area contributed by atoms with Gasteiger partial charge in [0.1, 0.15) is 6.42 Å². The van der Waals surface area contributed by atoms with Crippen molar-refractivity contribution < 1.29 is 4.79 Å². The van der Waals surface area contributed by atoms with Gasteiger partial charge < -0.3 is 10.2 Å². The Balaban J connectivity index is 1.67. The van der Waals surface area contributed by atoms with E-state index in [1.54, 1.807) is 0 Å². The molecule has 1 aliphatic heterocycles. The number of rotatable bonds is 5. The van der Waals surface area contributed by atoms with E-state index >= 15 is 0 Å². The van der Waals surface area contributed by atoms with Crippen LogP contribution in [0.5, 0.6) is 0 Å². The highest BCUT2D eigenvalue weighted by molar-refractivity contribution is 5.78. The maximum atomic E-state index is 11.4. The molecule has 1 fully saturated rings. The normalized spacial score (nSPS) is 16.6. The van der Waals surface area contributed by atoms with Gasteiger partial charge in [-0.25, -0.2) is 0 Å². The van der Waals surface area contributed by atoms with Crippen LogP contribution in [0, 0.1) is 11.3 Å². The number of hydrogen-bond donors (Lipinski definition) is 1. The van der Waals surface area contributed by atoms with E-state index in [-0.39, 0.29) is 18.4 Å². The van der Waals surface area contributed by atoms with Gasteiger partial charge in [-0.2, -0.15) is 5.26 Å². The maximum absolute atomic E-state index is 11.4. The Labute approximate surface area is 120 Å². The summed E-state index contributed by atoms with van der Waals surface area (Å²) in [6.07, 6.45) is 3.00. The third-order valence-corrected chi connectivity index (χ3v) is 3.75. The molecule has 2 rings (SSSR count). The number of likely N-dealkylation sites (tertiary alicyclic amines) is 1. The van der Waals surface area contributed by atoms with Crippen LogP contribution in [0.15, 0.2) is 30.3 Å². The molecule has 0 saturated carbocycles. The molecule has 0 spiro atoms. The van der Waals surface area contributed by atoms with E-state index in [0.717, 1.165) is 38.9 Å². The standard InChI is InChI=1S/C16H21N3O/c17-10-6-16(20)18-15-8-12-19(13-9-15)11-7-14-4-2-1-3-5-14/h1-5,15H,6-9,11-13H2,(H,18,20). The molecule has 0 atom stereocenters. The monoisotopic (exact) mass is 271 g/mol. The minimum absolute atomic E-state index is 0.0335. The Morgan fingerprint density at radius 2 is 2.00 bits per heavy atom. The van der Waals surface area contributed by atoms with Crippen LogP contribution in [-0.2, 0) is 11.2 Å². The van der Waals surface area contributed by atoms with E-state index in [4.69, 9.17) is 5.26 Å². The Morgan fingerprint density at radius 1 is 1.30 bits per heavy atom. The number of carbonyl (C=O) groups excluding carboxylic acids is 1. The van der Waals surface area contributed by atoms with Crippen molar-refractivity contribution in [3.05, 3.63) is 35.9 Å². The van der Waals surface area contributed by atoms with Gasteiger partial charge >= 0.3 is 0 Å². The number of carbonyl (C=O) groups is 1. The molecule has 4 heteroatoms. The van der Waals surface area contributed by atoms with E-state index in [1.807, 2.05) is 12.1 Å². The molecule has 0 radical (unpaired) electrons. The molecular formula is C16H21N3O. The van der Waals surface area contributed by atoms with Gasteiger partial charge in [0.25, 0.3) is 0 Å². The second kappa shape index (κ2) is 7.66. The van der Waals surface area contributed by atoms with Gasteiger partial charge in [-0.05, 0) is 24.8 Å². The molecule has 1 aromatic carbocycles. The second-order valence-electron chi connectivity index (χ2n) is 5.25. The summed E-state index contributed by atoms with van der Waals surface area (Å²) in [4.78, 5) is 13.8. The quantitative estimate of drug-likeness (QED) is 0.887. The number of hydrogen-bond acceptors (Lipinski definition) is 3. The average molecular weight is 271 g/mol. The van der Waals surface area contributed by atoms with Crippen molar-refractivity contribution in [2.75, 3.05) is 19.6 Å². The summed E-state index contributed by atoms with van der Waals surface area (Å²) in [7, 11) is 0. The summed E-state index contributed by atoms with van der Waals surface area (Å²) in [6.45, 7) is 3.11. The molecular weight excluding hydrogens is 250 g/mol. The van der Waals surface area contributed by atoms with Crippen molar-refractivity contribution in [3.8, 4) is 6.07 Å². The summed E-state index contributed by atoms with van der Waals surface area (Å²) < 4.78 is 0. The number of nitriles is 1. The molecule has 106 valence electrons. The minimum atomic E-state index is -0.143. The van der Waals surface area contributed by atoms with Gasteiger partial charge in [0.2, 0.25) is 5.91 Å². The third kappa shape index (κ3) is 4.67. The lowest BCUT2D eigenvalue weighted by molar-refractivity contribution is -0.121. The van der Waals surface area contributed by atoms with Gasteiger partial charge in [-0.1, -0.05) is 30.3 Å². The largest absolute Gasteiger partial charge is 0.352 e. The van der Waals surface area contributed by atoms with Crippen LogP contribution in [0.3, 0.4) is 0 Å². The van der Waals surface area contributed by atoms with Gasteiger partial charge in [-0.3, -0.25) is 4.79 Å². The Kier molecular flexibility index (Phi) is 5.57. The SMILES string of the molecule is N#CCC(=O)NC1CCN(CCc2ccccc2)CC1. The zero-order chi connectivity index (χ0) is 14.2. The third-order valence-electron chi connectivity index (χ3n) is 3.75. The van der Waals surface area contributed by atoms with Crippen LogP contribution in [0.4, 0.5) is 0 Å².